The summed E-state index contributed by atoms with van der Waals surface area (Å²) in [5.41, 5.74) is 3.35. The topological polar surface area (TPSA) is 83.0 Å². The van der Waals surface area contributed by atoms with Crippen LogP contribution in [0.5, 0.6) is 5.75 Å². The number of thioether (sulfide) groups is 1. The zero-order valence-electron chi connectivity index (χ0n) is 20.0. The number of halogens is 1. The number of carbonyl (C=O) groups excluding carboxylic acids is 2. The van der Waals surface area contributed by atoms with Crippen LogP contribution in [0, 0.1) is 0 Å². The molecule has 7 nitrogen and oxygen atoms in total. The largest absolute Gasteiger partial charge is 0.497 e. The van der Waals surface area contributed by atoms with Crippen molar-refractivity contribution in [3.8, 4) is 5.75 Å². The first kappa shape index (κ1) is 24.9. The minimum absolute atomic E-state index is 0.0309. The number of rotatable bonds is 7. The van der Waals surface area contributed by atoms with Crippen LogP contribution in [0.2, 0.25) is 5.02 Å². The van der Waals surface area contributed by atoms with Gasteiger partial charge >= 0.3 is 0 Å². The summed E-state index contributed by atoms with van der Waals surface area (Å²) in [6.07, 6.45) is 0.174. The van der Waals surface area contributed by atoms with Crippen molar-refractivity contribution in [3.05, 3.63) is 81.5 Å². The Labute approximate surface area is 214 Å². The molecule has 1 unspecified atom stereocenters. The number of allylic oxidation sites excluding steroid dienone is 1. The van der Waals surface area contributed by atoms with E-state index in [1.807, 2.05) is 49.3 Å². The number of methoxy groups -OCH3 is 1. The monoisotopic (exact) mass is 510 g/mol. The van der Waals surface area contributed by atoms with Gasteiger partial charge in [0.1, 0.15) is 5.75 Å². The van der Waals surface area contributed by atoms with Crippen LogP contribution in [0.4, 0.5) is 5.69 Å². The number of ether oxygens (including phenoxy) is 1. The summed E-state index contributed by atoms with van der Waals surface area (Å²) >= 11 is 7.79. The average molecular weight is 511 g/mol. The summed E-state index contributed by atoms with van der Waals surface area (Å²) in [5, 5.41) is 9.13. The van der Waals surface area contributed by atoms with Gasteiger partial charge in [0, 0.05) is 22.4 Å². The Morgan fingerprint density at radius 2 is 1.94 bits per heavy atom. The van der Waals surface area contributed by atoms with Crippen molar-refractivity contribution in [2.45, 2.75) is 39.3 Å². The van der Waals surface area contributed by atoms with Gasteiger partial charge < -0.3 is 20.3 Å². The molecule has 182 valence electrons. The maximum atomic E-state index is 13.6. The van der Waals surface area contributed by atoms with E-state index in [0.29, 0.717) is 27.7 Å². The summed E-state index contributed by atoms with van der Waals surface area (Å²) in [7, 11) is 1.59. The molecular formula is C26H27ClN4O3S. The van der Waals surface area contributed by atoms with Crippen molar-refractivity contribution in [1.82, 2.24) is 10.2 Å². The molecule has 2 amide bonds. The van der Waals surface area contributed by atoms with Gasteiger partial charge in [-0.25, -0.2) is 4.99 Å². The third-order valence-electron chi connectivity index (χ3n) is 5.55. The van der Waals surface area contributed by atoms with Crippen molar-refractivity contribution < 1.29 is 14.3 Å². The summed E-state index contributed by atoms with van der Waals surface area (Å²) in [4.78, 5) is 32.9. The molecule has 0 spiro atoms. The van der Waals surface area contributed by atoms with Crippen LogP contribution in [0.15, 0.2) is 75.9 Å². The van der Waals surface area contributed by atoms with Crippen molar-refractivity contribution in [1.29, 1.82) is 0 Å². The smallest absolute Gasteiger partial charge is 0.255 e. The van der Waals surface area contributed by atoms with Crippen LogP contribution in [-0.2, 0) is 9.59 Å². The fourth-order valence-corrected chi connectivity index (χ4v) is 5.23. The molecule has 9 heteroatoms. The van der Waals surface area contributed by atoms with Crippen LogP contribution in [0.3, 0.4) is 0 Å². The number of benzene rings is 2. The molecule has 2 aliphatic rings. The molecule has 0 radical (unpaired) electrons. The van der Waals surface area contributed by atoms with E-state index in [1.54, 1.807) is 37.4 Å². The molecule has 1 atom stereocenters. The highest BCUT2D eigenvalue weighted by Crippen LogP contribution is 2.45. The van der Waals surface area contributed by atoms with E-state index in [1.165, 1.54) is 11.8 Å². The van der Waals surface area contributed by atoms with Crippen LogP contribution in [0.25, 0.3) is 0 Å². The third-order valence-corrected chi connectivity index (χ3v) is 6.67. The Morgan fingerprint density at radius 1 is 1.20 bits per heavy atom. The normalized spacial score (nSPS) is 17.1. The van der Waals surface area contributed by atoms with E-state index in [-0.39, 0.29) is 24.3 Å². The van der Waals surface area contributed by atoms with Gasteiger partial charge in [-0.05, 0) is 68.1 Å². The molecule has 0 fully saturated rings. The minimum Gasteiger partial charge on any atom is -0.497 e. The fourth-order valence-electron chi connectivity index (χ4n) is 4.06. The van der Waals surface area contributed by atoms with E-state index < -0.39 is 6.04 Å². The maximum absolute atomic E-state index is 13.6. The van der Waals surface area contributed by atoms with Gasteiger partial charge in [0.15, 0.2) is 5.17 Å². The third kappa shape index (κ3) is 5.55. The lowest BCUT2D eigenvalue weighted by Gasteiger charge is -2.36. The quantitative estimate of drug-likeness (QED) is 0.515. The summed E-state index contributed by atoms with van der Waals surface area (Å²) in [6.45, 7) is 5.67. The van der Waals surface area contributed by atoms with Gasteiger partial charge in [-0.3, -0.25) is 9.59 Å². The first-order chi connectivity index (χ1) is 16.8. The van der Waals surface area contributed by atoms with Crippen LogP contribution in [0.1, 0.15) is 38.8 Å². The Morgan fingerprint density at radius 3 is 2.60 bits per heavy atom. The number of anilines is 1. The second-order valence-corrected chi connectivity index (χ2v) is 9.80. The molecule has 0 saturated heterocycles. The second-order valence-electron chi connectivity index (χ2n) is 8.53. The van der Waals surface area contributed by atoms with Gasteiger partial charge in [0.2, 0.25) is 5.91 Å². The predicted molar refractivity (Wildman–Crippen MR) is 141 cm³/mol. The van der Waals surface area contributed by atoms with Gasteiger partial charge in [-0.2, -0.15) is 0 Å². The van der Waals surface area contributed by atoms with E-state index >= 15 is 0 Å². The molecule has 2 heterocycles. The first-order valence-corrected chi connectivity index (χ1v) is 12.5. The van der Waals surface area contributed by atoms with Gasteiger partial charge in [0.05, 0.1) is 30.8 Å². The van der Waals surface area contributed by atoms with E-state index in [9.17, 15) is 9.59 Å². The van der Waals surface area contributed by atoms with Crippen molar-refractivity contribution in [2.75, 3.05) is 12.4 Å². The van der Waals surface area contributed by atoms with Crippen molar-refractivity contribution in [3.63, 3.8) is 0 Å². The molecule has 2 aromatic rings. The highest BCUT2D eigenvalue weighted by molar-refractivity contribution is 8.16. The fraction of sp³-hybridized carbons (Fsp3) is 0.269. The second kappa shape index (κ2) is 10.6. The Balaban J connectivity index is 1.71. The van der Waals surface area contributed by atoms with E-state index in [4.69, 9.17) is 21.3 Å². The number of amidine groups is 1. The summed E-state index contributed by atoms with van der Waals surface area (Å²) < 4.78 is 5.21. The Hall–Kier alpha value is -3.23. The SMILES string of the molecule is COc1ccc(NC(=O)C2=C(C)N=C3SC=C(CC(=O)NC(C)C)N3C2c2cccc(Cl)c2)cc1. The van der Waals surface area contributed by atoms with Crippen LogP contribution in [-0.4, -0.2) is 35.0 Å². The summed E-state index contributed by atoms with van der Waals surface area (Å²) in [5.74, 6) is 0.336. The molecule has 0 aromatic heterocycles. The zero-order valence-corrected chi connectivity index (χ0v) is 21.5. The molecule has 2 N–H and O–H groups in total. The molecule has 2 aromatic carbocycles. The number of nitrogens with zero attached hydrogens (tertiary/aromatic N) is 2. The lowest BCUT2D eigenvalue weighted by Crippen LogP contribution is -2.39. The molecular weight excluding hydrogens is 484 g/mol. The van der Waals surface area contributed by atoms with Crippen molar-refractivity contribution in [2.24, 2.45) is 4.99 Å². The van der Waals surface area contributed by atoms with Gasteiger partial charge in [-0.1, -0.05) is 35.5 Å². The number of nitrogens with one attached hydrogen (secondary N) is 2. The Kier molecular flexibility index (Phi) is 7.52. The standard InChI is InChI=1S/C26H27ClN4O3S/c1-15(2)28-22(32)13-20-14-35-26-29-16(3)23(24(31(20)26)17-6-5-7-18(27)12-17)25(33)30-19-8-10-21(34-4)11-9-19/h5-12,14-15,24H,13H2,1-4H3,(H,28,32)(H,30,33). The highest BCUT2D eigenvalue weighted by atomic mass is 35.5. The maximum Gasteiger partial charge on any atom is 0.255 e. The molecule has 35 heavy (non-hydrogen) atoms. The number of amides is 2. The predicted octanol–water partition coefficient (Wildman–Crippen LogP) is 5.48. The number of carbonyl (C=O) groups is 2. The number of hydrogen-bond donors (Lipinski definition) is 2. The molecule has 0 saturated carbocycles. The van der Waals surface area contributed by atoms with E-state index in [2.05, 4.69) is 10.6 Å². The van der Waals surface area contributed by atoms with Gasteiger partial charge in [0.25, 0.3) is 5.91 Å². The number of aliphatic imine (C=N–C) groups is 1. The first-order valence-electron chi connectivity index (χ1n) is 11.2. The average Bonchev–Trinajstić information content (AvgIpc) is 3.19. The molecule has 0 bridgehead atoms. The van der Waals surface area contributed by atoms with Crippen LogP contribution < -0.4 is 15.4 Å². The van der Waals surface area contributed by atoms with E-state index in [0.717, 1.165) is 16.4 Å². The molecule has 4 rings (SSSR count). The lowest BCUT2D eigenvalue weighted by molar-refractivity contribution is -0.121. The molecule has 0 aliphatic carbocycles. The van der Waals surface area contributed by atoms with Gasteiger partial charge in [-0.15, -0.1) is 0 Å². The zero-order chi connectivity index (χ0) is 25.1. The Bertz CT molecular complexity index is 1240. The number of hydrogen-bond acceptors (Lipinski definition) is 6. The highest BCUT2D eigenvalue weighted by Gasteiger charge is 2.40. The minimum atomic E-state index is -0.493. The lowest BCUT2D eigenvalue weighted by atomic mass is 9.93. The number of fused-ring (bicyclic) bond motifs is 1. The van der Waals surface area contributed by atoms with Crippen LogP contribution >= 0.6 is 23.4 Å². The van der Waals surface area contributed by atoms with Crippen molar-refractivity contribution >= 4 is 46.0 Å². The molecule has 2 aliphatic heterocycles. The summed E-state index contributed by atoms with van der Waals surface area (Å²) in [6, 6.07) is 14.1.